The summed E-state index contributed by atoms with van der Waals surface area (Å²) >= 11 is 0. The number of rotatable bonds is 6. The number of anilines is 1. The first-order chi connectivity index (χ1) is 8.85. The third-order valence-electron chi connectivity index (χ3n) is 2.63. The van der Waals surface area contributed by atoms with Crippen molar-refractivity contribution in [1.82, 2.24) is 14.6 Å². The summed E-state index contributed by atoms with van der Waals surface area (Å²) < 4.78 is 6.79. The molecule has 2 aromatic heterocycles. The molecule has 0 aliphatic carbocycles. The lowest BCUT2D eigenvalue weighted by Crippen LogP contribution is -2.29. The molecule has 18 heavy (non-hydrogen) atoms. The van der Waals surface area contributed by atoms with Gasteiger partial charge in [-0.15, -0.1) is 0 Å². The standard InChI is InChI=1S/C12H15N5O/c1-18-10-9-16(7-2-5-13)11-4-8-17-12(15-11)3-6-14-17/h3-4,6,8H,2,7,9-10H2,1H3. The summed E-state index contributed by atoms with van der Waals surface area (Å²) in [4.78, 5) is 6.54. The highest BCUT2D eigenvalue weighted by molar-refractivity contribution is 5.47. The van der Waals surface area contributed by atoms with Crippen LogP contribution in [0.2, 0.25) is 0 Å². The van der Waals surface area contributed by atoms with Gasteiger partial charge in [0.2, 0.25) is 0 Å². The van der Waals surface area contributed by atoms with Crippen molar-refractivity contribution in [2.75, 3.05) is 31.7 Å². The Morgan fingerprint density at radius 1 is 1.44 bits per heavy atom. The first-order valence-corrected chi connectivity index (χ1v) is 5.76. The van der Waals surface area contributed by atoms with Gasteiger partial charge in [0.15, 0.2) is 5.65 Å². The highest BCUT2D eigenvalue weighted by Crippen LogP contribution is 2.12. The Bertz CT molecular complexity index is 545. The third-order valence-corrected chi connectivity index (χ3v) is 2.63. The Morgan fingerprint density at radius 2 is 2.33 bits per heavy atom. The first-order valence-electron chi connectivity index (χ1n) is 5.76. The van der Waals surface area contributed by atoms with Crippen molar-refractivity contribution in [1.29, 1.82) is 5.26 Å². The van der Waals surface area contributed by atoms with Crippen molar-refractivity contribution in [3.8, 4) is 6.07 Å². The van der Waals surface area contributed by atoms with Crippen LogP contribution in [0.25, 0.3) is 5.65 Å². The zero-order valence-corrected chi connectivity index (χ0v) is 10.3. The van der Waals surface area contributed by atoms with E-state index < -0.39 is 0 Å². The lowest BCUT2D eigenvalue weighted by atomic mass is 10.3. The molecular formula is C12H15N5O. The van der Waals surface area contributed by atoms with Crippen LogP contribution in [0.5, 0.6) is 0 Å². The summed E-state index contributed by atoms with van der Waals surface area (Å²) in [6.07, 6.45) is 4.04. The smallest absolute Gasteiger partial charge is 0.157 e. The number of fused-ring (bicyclic) bond motifs is 1. The van der Waals surface area contributed by atoms with E-state index in [1.54, 1.807) is 17.8 Å². The van der Waals surface area contributed by atoms with Crippen LogP contribution in [0, 0.1) is 11.3 Å². The van der Waals surface area contributed by atoms with Gasteiger partial charge in [0.1, 0.15) is 5.82 Å². The number of nitriles is 1. The number of nitrogens with zero attached hydrogens (tertiary/aromatic N) is 5. The number of hydrogen-bond acceptors (Lipinski definition) is 5. The lowest BCUT2D eigenvalue weighted by molar-refractivity contribution is 0.205. The van der Waals surface area contributed by atoms with E-state index in [4.69, 9.17) is 10.00 Å². The van der Waals surface area contributed by atoms with E-state index in [2.05, 4.69) is 16.2 Å². The van der Waals surface area contributed by atoms with Gasteiger partial charge in [-0.25, -0.2) is 9.50 Å². The molecule has 6 nitrogen and oxygen atoms in total. The van der Waals surface area contributed by atoms with E-state index >= 15 is 0 Å². The third kappa shape index (κ3) is 2.76. The van der Waals surface area contributed by atoms with Gasteiger partial charge in [-0.05, 0) is 6.07 Å². The predicted molar refractivity (Wildman–Crippen MR) is 67.3 cm³/mol. The second kappa shape index (κ2) is 5.98. The van der Waals surface area contributed by atoms with Crippen molar-refractivity contribution >= 4 is 11.5 Å². The summed E-state index contributed by atoms with van der Waals surface area (Å²) in [5.41, 5.74) is 0.798. The fraction of sp³-hybridized carbons (Fsp3) is 0.417. The lowest BCUT2D eigenvalue weighted by Gasteiger charge is -2.22. The molecule has 0 fully saturated rings. The molecule has 0 saturated carbocycles. The Labute approximate surface area is 105 Å². The zero-order valence-electron chi connectivity index (χ0n) is 10.3. The van der Waals surface area contributed by atoms with Crippen LogP contribution in [0.15, 0.2) is 24.5 Å². The largest absolute Gasteiger partial charge is 0.383 e. The molecule has 0 bridgehead atoms. The molecule has 94 valence electrons. The Kier molecular flexibility index (Phi) is 4.10. The summed E-state index contributed by atoms with van der Waals surface area (Å²) in [7, 11) is 1.66. The van der Waals surface area contributed by atoms with Crippen LogP contribution in [0.4, 0.5) is 5.82 Å². The van der Waals surface area contributed by atoms with Crippen LogP contribution >= 0.6 is 0 Å². The monoisotopic (exact) mass is 245 g/mol. The molecule has 6 heteroatoms. The van der Waals surface area contributed by atoms with E-state index in [-0.39, 0.29) is 0 Å². The average Bonchev–Trinajstić information content (AvgIpc) is 2.86. The molecular weight excluding hydrogens is 230 g/mol. The summed E-state index contributed by atoms with van der Waals surface area (Å²) in [6.45, 7) is 1.98. The summed E-state index contributed by atoms with van der Waals surface area (Å²) in [5.74, 6) is 0.843. The molecule has 0 spiro atoms. The van der Waals surface area contributed by atoms with Crippen molar-refractivity contribution in [3.05, 3.63) is 24.5 Å². The Morgan fingerprint density at radius 3 is 3.11 bits per heavy atom. The molecule has 2 aromatic rings. The van der Waals surface area contributed by atoms with Gasteiger partial charge in [-0.1, -0.05) is 0 Å². The number of hydrogen-bond donors (Lipinski definition) is 0. The van der Waals surface area contributed by atoms with Gasteiger partial charge in [0, 0.05) is 32.5 Å². The van der Waals surface area contributed by atoms with Gasteiger partial charge in [0.25, 0.3) is 0 Å². The van der Waals surface area contributed by atoms with Crippen molar-refractivity contribution in [2.24, 2.45) is 0 Å². The maximum absolute atomic E-state index is 8.68. The fourth-order valence-electron chi connectivity index (χ4n) is 1.71. The second-order valence-electron chi connectivity index (χ2n) is 3.81. The van der Waals surface area contributed by atoms with Crippen LogP contribution < -0.4 is 4.90 Å². The highest BCUT2D eigenvalue weighted by Gasteiger charge is 2.08. The van der Waals surface area contributed by atoms with E-state index in [0.717, 1.165) is 18.0 Å². The fourth-order valence-corrected chi connectivity index (χ4v) is 1.71. The molecule has 0 aromatic carbocycles. The molecule has 0 N–H and O–H groups in total. The van der Waals surface area contributed by atoms with Crippen LogP contribution in [0.1, 0.15) is 6.42 Å². The van der Waals surface area contributed by atoms with Crippen LogP contribution in [-0.2, 0) is 4.74 Å². The first kappa shape index (κ1) is 12.3. The van der Waals surface area contributed by atoms with Gasteiger partial charge < -0.3 is 9.64 Å². The quantitative estimate of drug-likeness (QED) is 0.762. The number of aromatic nitrogens is 3. The van der Waals surface area contributed by atoms with Gasteiger partial charge >= 0.3 is 0 Å². The molecule has 2 rings (SSSR count). The van der Waals surface area contributed by atoms with Gasteiger partial charge in [-0.2, -0.15) is 10.4 Å². The minimum atomic E-state index is 0.468. The van der Waals surface area contributed by atoms with E-state index in [1.165, 1.54) is 0 Å². The molecule has 2 heterocycles. The van der Waals surface area contributed by atoms with Crippen molar-refractivity contribution in [2.45, 2.75) is 6.42 Å². The highest BCUT2D eigenvalue weighted by atomic mass is 16.5. The average molecular weight is 245 g/mol. The van der Waals surface area contributed by atoms with Crippen LogP contribution in [0.3, 0.4) is 0 Å². The topological polar surface area (TPSA) is 66.5 Å². The molecule has 0 atom stereocenters. The van der Waals surface area contributed by atoms with E-state index in [9.17, 15) is 0 Å². The van der Waals surface area contributed by atoms with E-state index in [1.807, 2.05) is 23.2 Å². The number of ether oxygens (including phenoxy) is 1. The maximum atomic E-state index is 8.68. The van der Waals surface area contributed by atoms with Gasteiger partial charge in [-0.3, -0.25) is 0 Å². The maximum Gasteiger partial charge on any atom is 0.157 e. The Hall–Kier alpha value is -2.13. The minimum absolute atomic E-state index is 0.468. The SMILES string of the molecule is COCCN(CCC#N)c1ccn2nccc2n1. The van der Waals surface area contributed by atoms with Crippen LogP contribution in [-0.4, -0.2) is 41.4 Å². The Balaban J connectivity index is 2.19. The minimum Gasteiger partial charge on any atom is -0.383 e. The molecule has 0 saturated heterocycles. The molecule has 0 aliphatic heterocycles. The molecule has 0 aliphatic rings. The van der Waals surface area contributed by atoms with Crippen molar-refractivity contribution < 1.29 is 4.74 Å². The second-order valence-corrected chi connectivity index (χ2v) is 3.81. The number of methoxy groups -OCH3 is 1. The summed E-state index contributed by atoms with van der Waals surface area (Å²) in [5, 5.41) is 12.8. The molecule has 0 radical (unpaired) electrons. The van der Waals surface area contributed by atoms with E-state index in [0.29, 0.717) is 19.6 Å². The molecule has 0 amide bonds. The predicted octanol–water partition coefficient (Wildman–Crippen LogP) is 1.10. The van der Waals surface area contributed by atoms with Gasteiger partial charge in [0.05, 0.1) is 25.3 Å². The summed E-state index contributed by atoms with van der Waals surface area (Å²) in [6, 6.07) is 5.89. The zero-order chi connectivity index (χ0) is 12.8. The molecule has 0 unspecified atom stereocenters. The van der Waals surface area contributed by atoms with Crippen molar-refractivity contribution in [3.63, 3.8) is 0 Å². The normalized spacial score (nSPS) is 10.4.